The SMILES string of the molecule is O=C1NC(=O)C(=Cc2cc(Cl)ccc2OCc2ccccc2Cl)C(=O)N1. The highest BCUT2D eigenvalue weighted by Gasteiger charge is 2.28. The van der Waals surface area contributed by atoms with Gasteiger partial charge in [0, 0.05) is 21.2 Å². The molecule has 0 radical (unpaired) electrons. The summed E-state index contributed by atoms with van der Waals surface area (Å²) >= 11 is 12.1. The third-order valence-electron chi connectivity index (χ3n) is 3.56. The second-order valence-electron chi connectivity index (χ2n) is 5.36. The van der Waals surface area contributed by atoms with Gasteiger partial charge >= 0.3 is 6.03 Å². The summed E-state index contributed by atoms with van der Waals surface area (Å²) in [5.41, 5.74) is 0.968. The molecule has 2 aromatic rings. The predicted molar refractivity (Wildman–Crippen MR) is 96.9 cm³/mol. The van der Waals surface area contributed by atoms with Crippen molar-refractivity contribution >= 4 is 47.1 Å². The first kappa shape index (κ1) is 18.0. The Bertz CT molecular complexity index is 919. The van der Waals surface area contributed by atoms with Crippen LogP contribution in [0.15, 0.2) is 48.0 Å². The van der Waals surface area contributed by atoms with Crippen LogP contribution in [0, 0.1) is 0 Å². The first-order chi connectivity index (χ1) is 12.4. The maximum atomic E-state index is 11.9. The zero-order valence-corrected chi connectivity index (χ0v) is 14.7. The number of urea groups is 1. The average Bonchev–Trinajstić information content (AvgIpc) is 2.58. The molecule has 0 aromatic heterocycles. The second kappa shape index (κ2) is 7.59. The number of carbonyl (C=O) groups is 3. The number of nitrogens with one attached hydrogen (secondary N) is 2. The molecule has 2 aromatic carbocycles. The van der Waals surface area contributed by atoms with Crippen LogP contribution in [0.5, 0.6) is 5.75 Å². The van der Waals surface area contributed by atoms with Crippen LogP contribution in [0.3, 0.4) is 0 Å². The number of hydrogen-bond donors (Lipinski definition) is 2. The Morgan fingerprint density at radius 2 is 1.65 bits per heavy atom. The van der Waals surface area contributed by atoms with Crippen molar-refractivity contribution in [3.05, 3.63) is 69.2 Å². The fourth-order valence-electron chi connectivity index (χ4n) is 2.30. The van der Waals surface area contributed by atoms with Crippen LogP contribution in [0.1, 0.15) is 11.1 Å². The molecule has 1 saturated heterocycles. The lowest BCUT2D eigenvalue weighted by molar-refractivity contribution is -0.123. The van der Waals surface area contributed by atoms with Crippen LogP contribution in [0.2, 0.25) is 10.0 Å². The molecule has 6 nitrogen and oxygen atoms in total. The van der Waals surface area contributed by atoms with E-state index in [0.717, 1.165) is 5.56 Å². The molecule has 2 N–H and O–H groups in total. The van der Waals surface area contributed by atoms with Gasteiger partial charge in [-0.1, -0.05) is 41.4 Å². The third-order valence-corrected chi connectivity index (χ3v) is 4.16. The Morgan fingerprint density at radius 1 is 0.962 bits per heavy atom. The highest BCUT2D eigenvalue weighted by atomic mass is 35.5. The molecule has 0 saturated carbocycles. The van der Waals surface area contributed by atoms with Crippen molar-refractivity contribution in [3.8, 4) is 5.75 Å². The number of benzene rings is 2. The van der Waals surface area contributed by atoms with Crippen molar-refractivity contribution in [2.45, 2.75) is 6.61 Å². The minimum Gasteiger partial charge on any atom is -0.488 e. The number of carbonyl (C=O) groups excluding carboxylic acids is 3. The lowest BCUT2D eigenvalue weighted by atomic mass is 10.1. The fourth-order valence-corrected chi connectivity index (χ4v) is 2.67. The van der Waals surface area contributed by atoms with E-state index in [-0.39, 0.29) is 12.2 Å². The minimum atomic E-state index is -0.863. The molecule has 3 rings (SSSR count). The van der Waals surface area contributed by atoms with Crippen LogP contribution < -0.4 is 15.4 Å². The van der Waals surface area contributed by atoms with E-state index in [4.69, 9.17) is 27.9 Å². The zero-order valence-electron chi connectivity index (χ0n) is 13.2. The highest BCUT2D eigenvalue weighted by molar-refractivity contribution is 6.32. The van der Waals surface area contributed by atoms with Crippen molar-refractivity contribution in [2.24, 2.45) is 0 Å². The standard InChI is InChI=1S/C18H12Cl2N2O4/c19-12-5-6-15(26-9-10-3-1-2-4-14(10)20)11(7-12)8-13-16(23)21-18(25)22-17(13)24/h1-8H,9H2,(H2,21,22,23,24,25). The summed E-state index contributed by atoms with van der Waals surface area (Å²) in [6.45, 7) is 0.189. The molecule has 1 aliphatic rings. The van der Waals surface area contributed by atoms with E-state index in [1.165, 1.54) is 6.08 Å². The predicted octanol–water partition coefficient (Wildman–Crippen LogP) is 3.32. The Kier molecular flexibility index (Phi) is 5.25. The van der Waals surface area contributed by atoms with E-state index >= 15 is 0 Å². The summed E-state index contributed by atoms with van der Waals surface area (Å²) in [6.07, 6.45) is 1.31. The van der Waals surface area contributed by atoms with Gasteiger partial charge in [-0.15, -0.1) is 0 Å². The second-order valence-corrected chi connectivity index (χ2v) is 6.20. The van der Waals surface area contributed by atoms with Gasteiger partial charge in [0.25, 0.3) is 11.8 Å². The molecule has 1 heterocycles. The first-order valence-corrected chi connectivity index (χ1v) is 8.24. The maximum Gasteiger partial charge on any atom is 0.328 e. The molecule has 0 bridgehead atoms. The number of rotatable bonds is 4. The van der Waals surface area contributed by atoms with E-state index < -0.39 is 17.8 Å². The van der Waals surface area contributed by atoms with Gasteiger partial charge in [0.15, 0.2) is 0 Å². The van der Waals surface area contributed by atoms with Gasteiger partial charge in [0.1, 0.15) is 17.9 Å². The van der Waals surface area contributed by atoms with Crippen molar-refractivity contribution in [3.63, 3.8) is 0 Å². The molecule has 1 aliphatic heterocycles. The van der Waals surface area contributed by atoms with Gasteiger partial charge in [-0.3, -0.25) is 20.2 Å². The highest BCUT2D eigenvalue weighted by Crippen LogP contribution is 2.27. The Labute approximate surface area is 158 Å². The van der Waals surface area contributed by atoms with Crippen LogP contribution >= 0.6 is 23.2 Å². The Morgan fingerprint density at radius 3 is 2.35 bits per heavy atom. The molecule has 1 fully saturated rings. The molecular weight excluding hydrogens is 379 g/mol. The minimum absolute atomic E-state index is 0.189. The van der Waals surface area contributed by atoms with Crippen LogP contribution in [0.25, 0.3) is 6.08 Å². The summed E-state index contributed by atoms with van der Waals surface area (Å²) in [6, 6.07) is 11.1. The van der Waals surface area contributed by atoms with Crippen LogP contribution in [0.4, 0.5) is 4.79 Å². The van der Waals surface area contributed by atoms with Crippen molar-refractivity contribution in [1.29, 1.82) is 0 Å². The molecular formula is C18H12Cl2N2O4. The van der Waals surface area contributed by atoms with Crippen LogP contribution in [-0.4, -0.2) is 17.8 Å². The van der Waals surface area contributed by atoms with Gasteiger partial charge in [0.2, 0.25) is 0 Å². The summed E-state index contributed by atoms with van der Waals surface area (Å²) in [4.78, 5) is 34.9. The Hall–Kier alpha value is -2.83. The number of ether oxygens (including phenoxy) is 1. The van der Waals surface area contributed by atoms with Gasteiger partial charge < -0.3 is 4.74 Å². The van der Waals surface area contributed by atoms with Gasteiger partial charge in [-0.05, 0) is 30.3 Å². The zero-order chi connectivity index (χ0) is 18.7. The molecule has 0 aliphatic carbocycles. The molecule has 4 amide bonds. The lowest BCUT2D eigenvalue weighted by Crippen LogP contribution is -2.51. The number of barbiturate groups is 1. The van der Waals surface area contributed by atoms with E-state index in [1.807, 2.05) is 28.8 Å². The van der Waals surface area contributed by atoms with Crippen molar-refractivity contribution in [2.75, 3.05) is 0 Å². The largest absolute Gasteiger partial charge is 0.488 e. The van der Waals surface area contributed by atoms with Crippen LogP contribution in [-0.2, 0) is 16.2 Å². The number of amides is 4. The van der Waals surface area contributed by atoms with Gasteiger partial charge in [-0.2, -0.15) is 0 Å². The molecule has 26 heavy (non-hydrogen) atoms. The molecule has 0 unspecified atom stereocenters. The summed E-state index contributed by atoms with van der Waals surface area (Å²) in [5, 5.41) is 4.98. The number of hydrogen-bond acceptors (Lipinski definition) is 4. The van der Waals surface area contributed by atoms with Gasteiger partial charge in [0.05, 0.1) is 0 Å². The topological polar surface area (TPSA) is 84.5 Å². The first-order valence-electron chi connectivity index (χ1n) is 7.48. The fraction of sp³-hybridized carbons (Fsp3) is 0.0556. The van der Waals surface area contributed by atoms with Gasteiger partial charge in [-0.25, -0.2) is 4.79 Å². The number of imide groups is 2. The van der Waals surface area contributed by atoms with E-state index in [2.05, 4.69) is 0 Å². The summed E-state index contributed by atoms with van der Waals surface area (Å²) in [5.74, 6) is -1.19. The van der Waals surface area contributed by atoms with E-state index in [9.17, 15) is 14.4 Å². The van der Waals surface area contributed by atoms with Crippen molar-refractivity contribution in [1.82, 2.24) is 10.6 Å². The van der Waals surface area contributed by atoms with Crippen molar-refractivity contribution < 1.29 is 19.1 Å². The molecule has 0 spiro atoms. The molecule has 0 atom stereocenters. The lowest BCUT2D eigenvalue weighted by Gasteiger charge is -2.15. The summed E-state index contributed by atoms with van der Waals surface area (Å²) < 4.78 is 5.77. The van der Waals surface area contributed by atoms with E-state index in [0.29, 0.717) is 21.4 Å². The third kappa shape index (κ3) is 4.04. The smallest absolute Gasteiger partial charge is 0.328 e. The number of halogens is 2. The maximum absolute atomic E-state index is 11.9. The normalized spacial score (nSPS) is 13.9. The summed E-state index contributed by atoms with van der Waals surface area (Å²) in [7, 11) is 0. The average molecular weight is 391 g/mol. The molecule has 132 valence electrons. The molecule has 8 heteroatoms. The van der Waals surface area contributed by atoms with E-state index in [1.54, 1.807) is 24.3 Å². The quantitative estimate of drug-likeness (QED) is 0.619. The Balaban J connectivity index is 1.90. The monoisotopic (exact) mass is 390 g/mol.